The Balaban J connectivity index is 1.95. The molecule has 0 amide bonds. The molecule has 0 atom stereocenters. The normalized spacial score (nSPS) is 11.7. The van der Waals surface area contributed by atoms with Crippen LogP contribution in [0.15, 0.2) is 56.9 Å². The van der Waals surface area contributed by atoms with Crippen LogP contribution >= 0.6 is 0 Å². The topological polar surface area (TPSA) is 112 Å². The van der Waals surface area contributed by atoms with E-state index in [1.54, 1.807) is 0 Å². The van der Waals surface area contributed by atoms with Crippen molar-refractivity contribution in [3.8, 4) is 0 Å². The van der Waals surface area contributed by atoms with Gasteiger partial charge in [0.25, 0.3) is 5.56 Å². The highest BCUT2D eigenvalue weighted by Crippen LogP contribution is 2.15. The van der Waals surface area contributed by atoms with Gasteiger partial charge in [-0.3, -0.25) is 9.78 Å². The summed E-state index contributed by atoms with van der Waals surface area (Å²) in [6.45, 7) is 2.05. The lowest BCUT2D eigenvalue weighted by molar-refractivity contribution is 0.581. The van der Waals surface area contributed by atoms with Gasteiger partial charge in [-0.15, -0.1) is 0 Å². The van der Waals surface area contributed by atoms with Gasteiger partial charge in [0.15, 0.2) is 0 Å². The number of nitrogens with one attached hydrogen (secondary N) is 3. The van der Waals surface area contributed by atoms with Crippen LogP contribution in [0.2, 0.25) is 0 Å². The number of rotatable bonds is 4. The fraction of sp³-hybridized carbons (Fsp3) is 0.125. The summed E-state index contributed by atoms with van der Waals surface area (Å²) in [7, 11) is -3.79. The van der Waals surface area contributed by atoms with Crippen LogP contribution in [0.1, 0.15) is 11.1 Å². The molecule has 0 unspecified atom stereocenters. The Morgan fingerprint density at radius 2 is 1.79 bits per heavy atom. The fourth-order valence-electron chi connectivity index (χ4n) is 2.38. The molecular formula is C16H15N3O4S. The van der Waals surface area contributed by atoms with E-state index in [4.69, 9.17) is 0 Å². The molecule has 0 bridgehead atoms. The summed E-state index contributed by atoms with van der Waals surface area (Å²) in [5.74, 6) is 0. The van der Waals surface area contributed by atoms with E-state index in [9.17, 15) is 18.0 Å². The van der Waals surface area contributed by atoms with E-state index < -0.39 is 21.3 Å². The molecule has 0 aliphatic carbocycles. The minimum atomic E-state index is -3.79. The second kappa shape index (κ2) is 6.06. The molecule has 24 heavy (non-hydrogen) atoms. The van der Waals surface area contributed by atoms with E-state index in [0.29, 0.717) is 0 Å². The van der Waals surface area contributed by atoms with Crippen molar-refractivity contribution < 1.29 is 8.42 Å². The molecule has 0 fully saturated rings. The van der Waals surface area contributed by atoms with Crippen molar-refractivity contribution in [2.24, 2.45) is 0 Å². The van der Waals surface area contributed by atoms with E-state index in [2.05, 4.69) is 14.7 Å². The van der Waals surface area contributed by atoms with Crippen LogP contribution in [0.4, 0.5) is 0 Å². The molecule has 0 spiro atoms. The van der Waals surface area contributed by atoms with Gasteiger partial charge in [-0.25, -0.2) is 17.9 Å². The van der Waals surface area contributed by atoms with Crippen LogP contribution in [-0.2, 0) is 16.6 Å². The predicted octanol–water partition coefficient (Wildman–Crippen LogP) is 1.00. The highest BCUT2D eigenvalue weighted by atomic mass is 32.2. The van der Waals surface area contributed by atoms with Gasteiger partial charge in [-0.1, -0.05) is 24.3 Å². The number of sulfonamides is 1. The van der Waals surface area contributed by atoms with Crippen LogP contribution in [0.25, 0.3) is 10.9 Å². The first-order valence-corrected chi connectivity index (χ1v) is 8.66. The largest absolute Gasteiger partial charge is 0.326 e. The van der Waals surface area contributed by atoms with Crippen LogP contribution in [0.3, 0.4) is 0 Å². The third kappa shape index (κ3) is 3.15. The van der Waals surface area contributed by atoms with Gasteiger partial charge in [0, 0.05) is 6.54 Å². The summed E-state index contributed by atoms with van der Waals surface area (Å²) in [5.41, 5.74) is 0.851. The number of hydrogen-bond donors (Lipinski definition) is 3. The van der Waals surface area contributed by atoms with Gasteiger partial charge in [0.1, 0.15) is 0 Å². The number of hydrogen-bond acceptors (Lipinski definition) is 4. The number of benzene rings is 2. The second-order valence-corrected chi connectivity index (χ2v) is 7.13. The molecule has 0 radical (unpaired) electrons. The molecule has 0 saturated heterocycles. The molecule has 1 heterocycles. The minimum Gasteiger partial charge on any atom is -0.307 e. The summed E-state index contributed by atoms with van der Waals surface area (Å²) in [6, 6.07) is 11.4. The van der Waals surface area contributed by atoms with Crippen molar-refractivity contribution in [3.05, 3.63) is 74.4 Å². The molecule has 0 aliphatic heterocycles. The van der Waals surface area contributed by atoms with Crippen LogP contribution < -0.4 is 16.0 Å². The standard InChI is InChI=1S/C16H15N3O4S/c1-10-4-2-3-5-11(10)9-17-24(22,23)12-6-7-14-13(8-12)15(20)19-16(21)18-14/h2-8,17H,9H2,1H3,(H2,18,19,20,21). The van der Waals surface area contributed by atoms with Crippen molar-refractivity contribution in [2.75, 3.05) is 0 Å². The molecule has 8 heteroatoms. The van der Waals surface area contributed by atoms with Crippen molar-refractivity contribution in [2.45, 2.75) is 18.4 Å². The highest BCUT2D eigenvalue weighted by Gasteiger charge is 2.15. The van der Waals surface area contributed by atoms with Crippen molar-refractivity contribution >= 4 is 20.9 Å². The summed E-state index contributed by atoms with van der Waals surface area (Å²) >= 11 is 0. The Bertz CT molecular complexity index is 1130. The maximum Gasteiger partial charge on any atom is 0.326 e. The fourth-order valence-corrected chi connectivity index (χ4v) is 3.41. The zero-order valence-electron chi connectivity index (χ0n) is 12.8. The summed E-state index contributed by atoms with van der Waals surface area (Å²) < 4.78 is 27.4. The van der Waals surface area contributed by atoms with E-state index in [0.717, 1.165) is 11.1 Å². The summed E-state index contributed by atoms with van der Waals surface area (Å²) in [6.07, 6.45) is 0. The molecule has 1 aromatic heterocycles. The number of aromatic nitrogens is 2. The molecule has 0 saturated carbocycles. The third-order valence-corrected chi connectivity index (χ3v) is 5.13. The molecule has 3 rings (SSSR count). The molecule has 124 valence electrons. The van der Waals surface area contributed by atoms with E-state index in [-0.39, 0.29) is 22.3 Å². The molecule has 7 nitrogen and oxygen atoms in total. The third-order valence-electron chi connectivity index (χ3n) is 3.74. The monoisotopic (exact) mass is 345 g/mol. The number of H-pyrrole nitrogens is 2. The quantitative estimate of drug-likeness (QED) is 0.655. The van der Waals surface area contributed by atoms with Crippen LogP contribution in [0.5, 0.6) is 0 Å². The minimum absolute atomic E-state index is 0.0406. The lowest BCUT2D eigenvalue weighted by atomic mass is 10.1. The van der Waals surface area contributed by atoms with Gasteiger partial charge < -0.3 is 4.98 Å². The van der Waals surface area contributed by atoms with E-state index >= 15 is 0 Å². The Labute approximate surface area is 137 Å². The Morgan fingerprint density at radius 3 is 2.54 bits per heavy atom. The number of aryl methyl sites for hydroxylation is 1. The lowest BCUT2D eigenvalue weighted by Crippen LogP contribution is -2.25. The Morgan fingerprint density at radius 1 is 1.04 bits per heavy atom. The average molecular weight is 345 g/mol. The lowest BCUT2D eigenvalue weighted by Gasteiger charge is -2.09. The zero-order valence-corrected chi connectivity index (χ0v) is 13.6. The van der Waals surface area contributed by atoms with Gasteiger partial charge in [0.05, 0.1) is 15.8 Å². The number of aromatic amines is 2. The molecule has 3 aromatic rings. The maximum absolute atomic E-state index is 12.4. The van der Waals surface area contributed by atoms with Crippen LogP contribution in [0, 0.1) is 6.92 Å². The van der Waals surface area contributed by atoms with Gasteiger partial charge in [-0.2, -0.15) is 0 Å². The number of fused-ring (bicyclic) bond motifs is 1. The van der Waals surface area contributed by atoms with Crippen molar-refractivity contribution in [3.63, 3.8) is 0 Å². The van der Waals surface area contributed by atoms with Crippen LogP contribution in [-0.4, -0.2) is 18.4 Å². The van der Waals surface area contributed by atoms with Gasteiger partial charge >= 0.3 is 5.69 Å². The molecule has 0 aliphatic rings. The van der Waals surface area contributed by atoms with E-state index in [1.807, 2.05) is 31.2 Å². The molecule has 2 aromatic carbocycles. The Hall–Kier alpha value is -2.71. The first kappa shape index (κ1) is 16.2. The van der Waals surface area contributed by atoms with E-state index in [1.165, 1.54) is 18.2 Å². The zero-order chi connectivity index (χ0) is 17.3. The van der Waals surface area contributed by atoms with Crippen molar-refractivity contribution in [1.29, 1.82) is 0 Å². The SMILES string of the molecule is Cc1ccccc1CNS(=O)(=O)c1ccc2[nH]c(=O)[nH]c(=O)c2c1. The maximum atomic E-state index is 12.4. The van der Waals surface area contributed by atoms with Gasteiger partial charge in [0.2, 0.25) is 10.0 Å². The summed E-state index contributed by atoms with van der Waals surface area (Å²) in [4.78, 5) is 27.5. The van der Waals surface area contributed by atoms with Gasteiger partial charge in [-0.05, 0) is 36.2 Å². The molecule has 3 N–H and O–H groups in total. The average Bonchev–Trinajstić information content (AvgIpc) is 2.53. The first-order chi connectivity index (χ1) is 11.4. The highest BCUT2D eigenvalue weighted by molar-refractivity contribution is 7.89. The van der Waals surface area contributed by atoms with Crippen molar-refractivity contribution in [1.82, 2.24) is 14.7 Å². The molecular weight excluding hydrogens is 330 g/mol. The Kier molecular flexibility index (Phi) is 4.08. The first-order valence-electron chi connectivity index (χ1n) is 7.17. The summed E-state index contributed by atoms with van der Waals surface area (Å²) in [5, 5.41) is 0.105. The smallest absolute Gasteiger partial charge is 0.307 e. The predicted molar refractivity (Wildman–Crippen MR) is 90.4 cm³/mol. The second-order valence-electron chi connectivity index (χ2n) is 5.37.